The van der Waals surface area contributed by atoms with Gasteiger partial charge in [-0.3, -0.25) is 0 Å². The monoisotopic (exact) mass is 274 g/mol. The van der Waals surface area contributed by atoms with E-state index < -0.39 is 0 Å². The van der Waals surface area contributed by atoms with Crippen molar-refractivity contribution in [1.82, 2.24) is 9.97 Å². The number of phenolic OH excluding ortho intramolecular Hbond substituents is 1. The molecule has 1 aromatic carbocycles. The van der Waals surface area contributed by atoms with Crippen LogP contribution in [0.3, 0.4) is 0 Å². The summed E-state index contributed by atoms with van der Waals surface area (Å²) in [6.45, 7) is 7.65. The molecular formula is C15H15ClN2O. The van der Waals surface area contributed by atoms with Crippen molar-refractivity contribution in [2.75, 3.05) is 0 Å². The lowest BCUT2D eigenvalue weighted by atomic mass is 10.1. The zero-order valence-corrected chi connectivity index (χ0v) is 11.7. The molecule has 0 bridgehead atoms. The minimum atomic E-state index is -0.0310. The predicted molar refractivity (Wildman–Crippen MR) is 80.4 cm³/mol. The lowest BCUT2D eigenvalue weighted by Gasteiger charge is -2.10. The summed E-state index contributed by atoms with van der Waals surface area (Å²) in [4.78, 5) is 8.98. The Balaban J connectivity index is 2.91. The van der Waals surface area contributed by atoms with Gasteiger partial charge >= 0.3 is 0 Å². The minimum absolute atomic E-state index is 0.0310. The van der Waals surface area contributed by atoms with Crippen LogP contribution in [-0.2, 0) is 6.42 Å². The third-order valence-electron chi connectivity index (χ3n) is 2.91. The lowest BCUT2D eigenvalue weighted by molar-refractivity contribution is 0.480. The molecule has 0 radical (unpaired) electrons. The molecule has 2 rings (SSSR count). The minimum Gasteiger partial charge on any atom is -0.504 e. The van der Waals surface area contributed by atoms with E-state index in [2.05, 4.69) is 16.5 Å². The van der Waals surface area contributed by atoms with Gasteiger partial charge in [-0.1, -0.05) is 31.2 Å². The van der Waals surface area contributed by atoms with Gasteiger partial charge in [0.05, 0.1) is 21.9 Å². The number of fused-ring (bicyclic) bond motifs is 1. The van der Waals surface area contributed by atoms with E-state index in [-0.39, 0.29) is 5.75 Å². The van der Waals surface area contributed by atoms with Crippen molar-refractivity contribution in [2.45, 2.75) is 20.3 Å². The molecule has 0 amide bonds. The van der Waals surface area contributed by atoms with Gasteiger partial charge in [-0.25, -0.2) is 9.97 Å². The molecule has 0 unspecified atom stereocenters. The van der Waals surface area contributed by atoms with Gasteiger partial charge in [-0.15, -0.1) is 0 Å². The van der Waals surface area contributed by atoms with Crippen LogP contribution in [-0.4, -0.2) is 15.1 Å². The third kappa shape index (κ3) is 2.34. The Bertz CT molecular complexity index is 678. The highest BCUT2D eigenvalue weighted by Gasteiger charge is 2.14. The fraction of sp³-hybridized carbons (Fsp3) is 0.200. The first-order chi connectivity index (χ1) is 9.12. The van der Waals surface area contributed by atoms with Gasteiger partial charge in [-0.05, 0) is 37.1 Å². The maximum absolute atomic E-state index is 10.0. The van der Waals surface area contributed by atoms with E-state index >= 15 is 0 Å². The number of phenols is 1. The number of nitrogens with zero attached hydrogens (tertiary/aromatic N) is 2. The molecule has 0 saturated carbocycles. The van der Waals surface area contributed by atoms with Crippen molar-refractivity contribution in [3.05, 3.63) is 40.7 Å². The number of aryl methyl sites for hydroxylation is 1. The van der Waals surface area contributed by atoms with Crippen LogP contribution in [0.1, 0.15) is 30.8 Å². The zero-order valence-electron chi connectivity index (χ0n) is 10.9. The molecule has 0 spiro atoms. The second-order valence-electron chi connectivity index (χ2n) is 4.12. The Morgan fingerprint density at radius 2 is 2.00 bits per heavy atom. The molecule has 3 nitrogen and oxygen atoms in total. The first-order valence-electron chi connectivity index (χ1n) is 6.09. The molecule has 0 atom stereocenters. The SMILES string of the molecule is C=Cc1nc2c(O)c(Cl)cc(CC)c2nc1/C=C\C. The van der Waals surface area contributed by atoms with Gasteiger partial charge in [0.15, 0.2) is 5.75 Å². The topological polar surface area (TPSA) is 46.0 Å². The second kappa shape index (κ2) is 5.41. The number of halogens is 1. The molecule has 1 aromatic heterocycles. The molecule has 4 heteroatoms. The van der Waals surface area contributed by atoms with Gasteiger partial charge in [0, 0.05) is 0 Å². The standard InChI is InChI=1S/C15H15ClN2O/c1-4-7-12-11(6-3)17-14-13(18-12)9(5-2)8-10(16)15(14)19/h4,6-8,19H,3,5H2,1-2H3/b7-4-. The fourth-order valence-electron chi connectivity index (χ4n) is 1.95. The molecule has 1 heterocycles. The summed E-state index contributed by atoms with van der Waals surface area (Å²) < 4.78 is 0. The smallest absolute Gasteiger partial charge is 0.162 e. The first kappa shape index (κ1) is 13.6. The Morgan fingerprint density at radius 1 is 1.32 bits per heavy atom. The van der Waals surface area contributed by atoms with Crippen LogP contribution in [0, 0.1) is 0 Å². The number of allylic oxidation sites excluding steroid dienone is 1. The van der Waals surface area contributed by atoms with E-state index in [1.54, 1.807) is 12.1 Å². The molecule has 0 aliphatic heterocycles. The Morgan fingerprint density at radius 3 is 2.58 bits per heavy atom. The van der Waals surface area contributed by atoms with Crippen LogP contribution in [0.4, 0.5) is 0 Å². The van der Waals surface area contributed by atoms with Crippen LogP contribution in [0.25, 0.3) is 23.2 Å². The average Bonchev–Trinajstić information content (AvgIpc) is 2.42. The van der Waals surface area contributed by atoms with E-state index in [1.807, 2.05) is 26.0 Å². The van der Waals surface area contributed by atoms with Crippen LogP contribution in [0.2, 0.25) is 5.02 Å². The largest absolute Gasteiger partial charge is 0.504 e. The van der Waals surface area contributed by atoms with Crippen molar-refractivity contribution in [3.8, 4) is 5.75 Å². The van der Waals surface area contributed by atoms with Crippen LogP contribution < -0.4 is 0 Å². The summed E-state index contributed by atoms with van der Waals surface area (Å²) in [6, 6.07) is 1.74. The summed E-state index contributed by atoms with van der Waals surface area (Å²) in [5.41, 5.74) is 3.44. The van der Waals surface area contributed by atoms with Gasteiger partial charge in [-0.2, -0.15) is 0 Å². The number of aromatic nitrogens is 2. The number of benzene rings is 1. The number of hydrogen-bond donors (Lipinski definition) is 1. The first-order valence-corrected chi connectivity index (χ1v) is 6.47. The van der Waals surface area contributed by atoms with Crippen LogP contribution >= 0.6 is 11.6 Å². The van der Waals surface area contributed by atoms with Gasteiger partial charge < -0.3 is 5.11 Å². The summed E-state index contributed by atoms with van der Waals surface area (Å²) in [6.07, 6.45) is 6.15. The normalized spacial score (nSPS) is 11.3. The van der Waals surface area contributed by atoms with Gasteiger partial charge in [0.2, 0.25) is 0 Å². The summed E-state index contributed by atoms with van der Waals surface area (Å²) in [5, 5.41) is 10.3. The average molecular weight is 275 g/mol. The second-order valence-corrected chi connectivity index (χ2v) is 4.52. The van der Waals surface area contributed by atoms with E-state index in [0.29, 0.717) is 21.7 Å². The molecule has 0 aliphatic carbocycles. The summed E-state index contributed by atoms with van der Waals surface area (Å²) in [5.74, 6) is -0.0310. The van der Waals surface area contributed by atoms with Gasteiger partial charge in [0.1, 0.15) is 5.52 Å². The Hall–Kier alpha value is -1.87. The van der Waals surface area contributed by atoms with E-state index in [1.165, 1.54) is 0 Å². The quantitative estimate of drug-likeness (QED) is 0.911. The van der Waals surface area contributed by atoms with E-state index in [0.717, 1.165) is 17.7 Å². The Kier molecular flexibility index (Phi) is 3.86. The lowest BCUT2D eigenvalue weighted by Crippen LogP contribution is -1.97. The summed E-state index contributed by atoms with van der Waals surface area (Å²) >= 11 is 6.01. The van der Waals surface area contributed by atoms with Crippen molar-refractivity contribution < 1.29 is 5.11 Å². The number of aromatic hydroxyl groups is 1. The molecule has 2 aromatic rings. The Labute approximate surface area is 117 Å². The van der Waals surface area contributed by atoms with E-state index in [9.17, 15) is 5.11 Å². The molecule has 0 fully saturated rings. The highest BCUT2D eigenvalue weighted by atomic mass is 35.5. The van der Waals surface area contributed by atoms with Gasteiger partial charge in [0.25, 0.3) is 0 Å². The number of hydrogen-bond acceptors (Lipinski definition) is 3. The predicted octanol–water partition coefficient (Wildman–Crippen LogP) is 4.23. The van der Waals surface area contributed by atoms with Crippen molar-refractivity contribution >= 4 is 34.8 Å². The van der Waals surface area contributed by atoms with Crippen LogP contribution in [0.15, 0.2) is 18.7 Å². The molecule has 0 saturated heterocycles. The van der Waals surface area contributed by atoms with Crippen molar-refractivity contribution in [2.24, 2.45) is 0 Å². The zero-order chi connectivity index (χ0) is 14.0. The third-order valence-corrected chi connectivity index (χ3v) is 3.19. The van der Waals surface area contributed by atoms with E-state index in [4.69, 9.17) is 11.6 Å². The highest BCUT2D eigenvalue weighted by Crippen LogP contribution is 2.34. The summed E-state index contributed by atoms with van der Waals surface area (Å²) in [7, 11) is 0. The molecule has 0 aliphatic rings. The molecule has 98 valence electrons. The maximum Gasteiger partial charge on any atom is 0.162 e. The van der Waals surface area contributed by atoms with Crippen molar-refractivity contribution in [1.29, 1.82) is 0 Å². The maximum atomic E-state index is 10.0. The van der Waals surface area contributed by atoms with Crippen molar-refractivity contribution in [3.63, 3.8) is 0 Å². The molecule has 19 heavy (non-hydrogen) atoms. The van der Waals surface area contributed by atoms with Crippen LogP contribution in [0.5, 0.6) is 5.75 Å². The number of rotatable bonds is 3. The fourth-order valence-corrected chi connectivity index (χ4v) is 2.17. The molecular weight excluding hydrogens is 260 g/mol. The highest BCUT2D eigenvalue weighted by molar-refractivity contribution is 6.33. The molecule has 1 N–H and O–H groups in total.